The average Bonchev–Trinajstić information content (AvgIpc) is 3.53. The third-order valence-electron chi connectivity index (χ3n) is 4.34. The van der Waals surface area contributed by atoms with E-state index >= 15 is 0 Å². The summed E-state index contributed by atoms with van der Waals surface area (Å²) in [5.74, 6) is -1.53. The molecule has 1 fully saturated rings. The van der Waals surface area contributed by atoms with E-state index < -0.39 is 21.7 Å². The summed E-state index contributed by atoms with van der Waals surface area (Å²) in [5.41, 5.74) is 0.616. The van der Waals surface area contributed by atoms with E-state index in [2.05, 4.69) is 15.4 Å². The van der Waals surface area contributed by atoms with E-state index in [1.807, 2.05) is 0 Å². The number of carbonyl (C=O) groups excluding carboxylic acids is 2. The summed E-state index contributed by atoms with van der Waals surface area (Å²) in [6.07, 6.45) is 4.59. The van der Waals surface area contributed by atoms with Gasteiger partial charge < -0.3 is 10.6 Å². The van der Waals surface area contributed by atoms with Crippen molar-refractivity contribution in [1.82, 2.24) is 15.4 Å². The Labute approximate surface area is 174 Å². The molecule has 3 N–H and O–H groups in total. The van der Waals surface area contributed by atoms with Gasteiger partial charge in [0.05, 0.1) is 10.5 Å². The molecule has 2 amide bonds. The molecule has 9 heteroatoms. The second-order valence-electron chi connectivity index (χ2n) is 6.82. The molecule has 0 atom stereocenters. The van der Waals surface area contributed by atoms with Crippen LogP contribution in [-0.2, 0) is 14.8 Å². The van der Waals surface area contributed by atoms with Gasteiger partial charge in [0, 0.05) is 25.2 Å². The maximum Gasteiger partial charge on any atom is 0.254 e. The molecule has 0 saturated heterocycles. The minimum Gasteiger partial charge on any atom is -0.351 e. The zero-order chi connectivity index (χ0) is 21.6. The number of amides is 2. The number of nitrogens with one attached hydrogen (secondary N) is 3. The molecule has 0 heterocycles. The van der Waals surface area contributed by atoms with E-state index in [-0.39, 0.29) is 35.5 Å². The van der Waals surface area contributed by atoms with Crippen LogP contribution in [0.15, 0.2) is 59.5 Å². The van der Waals surface area contributed by atoms with E-state index in [9.17, 15) is 22.4 Å². The van der Waals surface area contributed by atoms with Gasteiger partial charge in [0.1, 0.15) is 5.82 Å². The second-order valence-corrected chi connectivity index (χ2v) is 8.54. The van der Waals surface area contributed by atoms with Gasteiger partial charge in [-0.3, -0.25) is 9.59 Å². The predicted molar refractivity (Wildman–Crippen MR) is 111 cm³/mol. The summed E-state index contributed by atoms with van der Waals surface area (Å²) in [5, 5.41) is 5.12. The van der Waals surface area contributed by atoms with Crippen LogP contribution in [0.3, 0.4) is 0 Å². The van der Waals surface area contributed by atoms with Gasteiger partial charge >= 0.3 is 0 Å². The fraction of sp³-hybridized carbons (Fsp3) is 0.238. The number of hydrogen-bond donors (Lipinski definition) is 3. The maximum atomic E-state index is 13.5. The molecule has 1 aliphatic rings. The number of halogens is 1. The number of benzene rings is 2. The highest BCUT2D eigenvalue weighted by atomic mass is 32.2. The Balaban J connectivity index is 1.42. The van der Waals surface area contributed by atoms with Crippen LogP contribution in [0, 0.1) is 5.82 Å². The first-order chi connectivity index (χ1) is 14.3. The lowest BCUT2D eigenvalue weighted by molar-refractivity contribution is -0.116. The Kier molecular flexibility index (Phi) is 6.96. The smallest absolute Gasteiger partial charge is 0.254 e. The zero-order valence-electron chi connectivity index (χ0n) is 16.1. The monoisotopic (exact) mass is 431 g/mol. The van der Waals surface area contributed by atoms with E-state index in [0.29, 0.717) is 5.56 Å². The van der Waals surface area contributed by atoms with E-state index in [1.54, 1.807) is 24.3 Å². The molecule has 7 nitrogen and oxygen atoms in total. The van der Waals surface area contributed by atoms with Crippen LogP contribution in [0.2, 0.25) is 0 Å². The molecule has 2 aromatic rings. The van der Waals surface area contributed by atoms with Gasteiger partial charge in [0.25, 0.3) is 5.91 Å². The van der Waals surface area contributed by atoms with Gasteiger partial charge in [-0.1, -0.05) is 24.3 Å². The molecule has 3 rings (SSSR count). The van der Waals surface area contributed by atoms with Crippen molar-refractivity contribution in [2.75, 3.05) is 13.1 Å². The second kappa shape index (κ2) is 9.64. The molecular weight excluding hydrogens is 409 g/mol. The lowest BCUT2D eigenvalue weighted by Gasteiger charge is -2.06. The van der Waals surface area contributed by atoms with E-state index in [0.717, 1.165) is 12.8 Å². The Bertz CT molecular complexity index is 1050. The van der Waals surface area contributed by atoms with E-state index in [1.165, 1.54) is 36.4 Å². The third-order valence-corrected chi connectivity index (χ3v) is 5.88. The van der Waals surface area contributed by atoms with Crippen LogP contribution in [0.4, 0.5) is 4.39 Å². The first-order valence-electron chi connectivity index (χ1n) is 9.46. The Morgan fingerprint density at radius 1 is 1.00 bits per heavy atom. The molecule has 0 radical (unpaired) electrons. The SMILES string of the molecule is O=C(/C=C/c1ccc(S(=O)(=O)NC2CC2)cc1)NCCNC(=O)c1ccccc1F. The van der Waals surface area contributed by atoms with Crippen molar-refractivity contribution in [2.45, 2.75) is 23.8 Å². The molecule has 1 saturated carbocycles. The number of sulfonamides is 1. The van der Waals surface area contributed by atoms with Crippen molar-refractivity contribution in [2.24, 2.45) is 0 Å². The highest BCUT2D eigenvalue weighted by Crippen LogP contribution is 2.22. The third kappa shape index (κ3) is 6.23. The summed E-state index contributed by atoms with van der Waals surface area (Å²) in [6, 6.07) is 11.9. The van der Waals surface area contributed by atoms with Crippen molar-refractivity contribution in [3.8, 4) is 0 Å². The fourth-order valence-electron chi connectivity index (χ4n) is 2.58. The topological polar surface area (TPSA) is 104 Å². The number of carbonyl (C=O) groups is 2. The maximum absolute atomic E-state index is 13.5. The largest absolute Gasteiger partial charge is 0.351 e. The molecule has 0 spiro atoms. The summed E-state index contributed by atoms with van der Waals surface area (Å²) in [4.78, 5) is 23.9. The Hall–Kier alpha value is -3.04. The standard InChI is InChI=1S/C21H22FN3O4S/c22-19-4-2-1-3-18(19)21(27)24-14-13-23-20(26)12-7-15-5-10-17(11-6-15)30(28,29)25-16-8-9-16/h1-7,10-12,16,25H,8-9,13-14H2,(H,23,26)(H,24,27)/b12-7+. The Morgan fingerprint density at radius 2 is 1.67 bits per heavy atom. The van der Waals surface area contributed by atoms with Crippen molar-refractivity contribution in [3.05, 3.63) is 71.6 Å². The van der Waals surface area contributed by atoms with Gasteiger partial charge in [-0.05, 0) is 48.7 Å². The highest BCUT2D eigenvalue weighted by molar-refractivity contribution is 7.89. The molecule has 1 aliphatic carbocycles. The first-order valence-corrected chi connectivity index (χ1v) is 10.9. The number of hydrogen-bond acceptors (Lipinski definition) is 4. The lowest BCUT2D eigenvalue weighted by atomic mass is 10.2. The molecule has 30 heavy (non-hydrogen) atoms. The van der Waals surface area contributed by atoms with Crippen molar-refractivity contribution >= 4 is 27.9 Å². The first kappa shape index (κ1) is 21.7. The van der Waals surface area contributed by atoms with Crippen LogP contribution in [0.25, 0.3) is 6.08 Å². The summed E-state index contributed by atoms with van der Waals surface area (Å²) >= 11 is 0. The van der Waals surface area contributed by atoms with Crippen LogP contribution in [0.1, 0.15) is 28.8 Å². The van der Waals surface area contributed by atoms with Gasteiger partial charge in [-0.15, -0.1) is 0 Å². The van der Waals surface area contributed by atoms with Crippen molar-refractivity contribution < 1.29 is 22.4 Å². The van der Waals surface area contributed by atoms with Gasteiger partial charge in [0.2, 0.25) is 15.9 Å². The van der Waals surface area contributed by atoms with Gasteiger partial charge in [-0.2, -0.15) is 0 Å². The van der Waals surface area contributed by atoms with Crippen molar-refractivity contribution in [3.63, 3.8) is 0 Å². The predicted octanol–water partition coefficient (Wildman–Crippen LogP) is 1.83. The average molecular weight is 431 g/mol. The minimum absolute atomic E-state index is 0.0368. The van der Waals surface area contributed by atoms with E-state index in [4.69, 9.17) is 0 Å². The summed E-state index contributed by atoms with van der Waals surface area (Å²) < 4.78 is 40.4. The quantitative estimate of drug-likeness (QED) is 0.416. The fourth-order valence-corrected chi connectivity index (χ4v) is 3.88. The summed E-state index contributed by atoms with van der Waals surface area (Å²) in [6.45, 7) is 0.320. The normalized spacial score (nSPS) is 13.9. The van der Waals surface area contributed by atoms with Gasteiger partial charge in [-0.25, -0.2) is 17.5 Å². The van der Waals surface area contributed by atoms with Crippen molar-refractivity contribution in [1.29, 1.82) is 0 Å². The Morgan fingerprint density at radius 3 is 2.33 bits per heavy atom. The molecule has 0 bridgehead atoms. The van der Waals surface area contributed by atoms with Crippen LogP contribution < -0.4 is 15.4 Å². The van der Waals surface area contributed by atoms with Crippen LogP contribution in [-0.4, -0.2) is 39.4 Å². The van der Waals surface area contributed by atoms with Crippen LogP contribution in [0.5, 0.6) is 0 Å². The summed E-state index contributed by atoms with van der Waals surface area (Å²) in [7, 11) is -3.50. The molecule has 158 valence electrons. The molecule has 0 aliphatic heterocycles. The lowest BCUT2D eigenvalue weighted by Crippen LogP contribution is -2.34. The number of rotatable bonds is 9. The molecular formula is C21H22FN3O4S. The van der Waals surface area contributed by atoms with Gasteiger partial charge in [0.15, 0.2) is 0 Å². The molecule has 0 aromatic heterocycles. The molecule has 2 aromatic carbocycles. The molecule has 0 unspecified atom stereocenters. The highest BCUT2D eigenvalue weighted by Gasteiger charge is 2.27. The zero-order valence-corrected chi connectivity index (χ0v) is 16.9. The minimum atomic E-state index is -3.50. The van der Waals surface area contributed by atoms with Crippen LogP contribution >= 0.6 is 0 Å².